The van der Waals surface area contributed by atoms with Crippen molar-refractivity contribution in [1.29, 1.82) is 0 Å². The zero-order chi connectivity index (χ0) is 7.33. The lowest BCUT2D eigenvalue weighted by Crippen LogP contribution is -2.58. The monoisotopic (exact) mass is 131 g/mol. The van der Waals surface area contributed by atoms with E-state index in [1.165, 1.54) is 0 Å². The van der Waals surface area contributed by atoms with Gasteiger partial charge in [-0.2, -0.15) is 0 Å². The highest BCUT2D eigenvalue weighted by atomic mass is 16.5. The zero-order valence-electron chi connectivity index (χ0n) is 6.82. The third-order valence-corrected chi connectivity index (χ3v) is 1.49. The molecule has 1 aliphatic rings. The van der Waals surface area contributed by atoms with Gasteiger partial charge in [0.2, 0.25) is 0 Å². The fraction of sp³-hybridized carbons (Fsp3) is 1.00. The lowest BCUT2D eigenvalue weighted by atomic mass is 10.0. The molecule has 0 aromatic rings. The molecule has 1 rings (SSSR count). The maximum Gasteiger partial charge on any atom is 0.0898 e. The van der Waals surface area contributed by atoms with Crippen LogP contribution in [0.2, 0.25) is 0 Å². The minimum absolute atomic E-state index is 0.153. The molecule has 0 aromatic carbocycles. The van der Waals surface area contributed by atoms with Crippen LogP contribution in [-0.4, -0.2) is 25.8 Å². The van der Waals surface area contributed by atoms with Gasteiger partial charge in [-0.05, 0) is 6.92 Å². The van der Waals surface area contributed by atoms with Gasteiger partial charge in [-0.15, -0.1) is 0 Å². The van der Waals surface area contributed by atoms with Crippen LogP contribution < -0.4 is 5.32 Å². The summed E-state index contributed by atoms with van der Waals surface area (Å²) in [6, 6.07) is 0. The molecule has 0 radical (unpaired) electrons. The van der Waals surface area contributed by atoms with Crippen molar-refractivity contribution >= 4 is 0 Å². The molecule has 9 heavy (non-hydrogen) atoms. The van der Waals surface area contributed by atoms with E-state index in [1.807, 2.05) is 13.8 Å². The molecule has 1 N–H and O–H groups in total. The largest absolute Gasteiger partial charge is 0.376 e. The quantitative estimate of drug-likeness (QED) is 0.573. The maximum atomic E-state index is 5.11. The van der Waals surface area contributed by atoms with Crippen molar-refractivity contribution in [2.24, 2.45) is 0 Å². The molecular weight excluding hydrogens is 114 g/mol. The minimum Gasteiger partial charge on any atom is -0.376 e. The van der Waals surface area contributed by atoms with Crippen LogP contribution >= 0.6 is 0 Å². The number of hydrogen-bond donors (Lipinski definition) is 1. The summed E-state index contributed by atoms with van der Waals surface area (Å²) in [5, 5.41) is 3.13. The van der Waals surface area contributed by atoms with E-state index in [-0.39, 0.29) is 5.60 Å². The molecular formula is C7H17NO. The molecule has 0 saturated carbocycles. The summed E-state index contributed by atoms with van der Waals surface area (Å²) in [5.74, 6) is 0. The SMILES string of the molecule is CC.COC1(C)CNC1. The topological polar surface area (TPSA) is 21.3 Å². The van der Waals surface area contributed by atoms with E-state index in [2.05, 4.69) is 12.2 Å². The molecule has 0 aliphatic carbocycles. The van der Waals surface area contributed by atoms with Crippen molar-refractivity contribution in [3.63, 3.8) is 0 Å². The van der Waals surface area contributed by atoms with E-state index in [0.29, 0.717) is 0 Å². The molecule has 1 aliphatic heterocycles. The summed E-state index contributed by atoms with van der Waals surface area (Å²) in [7, 11) is 1.75. The summed E-state index contributed by atoms with van der Waals surface area (Å²) >= 11 is 0. The highest BCUT2D eigenvalue weighted by Gasteiger charge is 2.30. The predicted octanol–water partition coefficient (Wildman–Crippen LogP) is 1.02. The first-order valence-corrected chi connectivity index (χ1v) is 3.53. The van der Waals surface area contributed by atoms with Crippen LogP contribution in [0.15, 0.2) is 0 Å². The van der Waals surface area contributed by atoms with Crippen LogP contribution in [0.1, 0.15) is 20.8 Å². The van der Waals surface area contributed by atoms with Gasteiger partial charge in [-0.1, -0.05) is 13.8 Å². The van der Waals surface area contributed by atoms with Crippen LogP contribution in [0.3, 0.4) is 0 Å². The van der Waals surface area contributed by atoms with Crippen molar-refractivity contribution in [3.05, 3.63) is 0 Å². The van der Waals surface area contributed by atoms with Crippen LogP contribution in [-0.2, 0) is 4.74 Å². The van der Waals surface area contributed by atoms with Crippen molar-refractivity contribution in [1.82, 2.24) is 5.32 Å². The Morgan fingerprint density at radius 3 is 1.78 bits per heavy atom. The van der Waals surface area contributed by atoms with Crippen molar-refractivity contribution in [2.75, 3.05) is 20.2 Å². The van der Waals surface area contributed by atoms with E-state index in [4.69, 9.17) is 4.74 Å². The summed E-state index contributed by atoms with van der Waals surface area (Å²) in [6.07, 6.45) is 0. The number of nitrogens with one attached hydrogen (secondary N) is 1. The smallest absolute Gasteiger partial charge is 0.0898 e. The Kier molecular flexibility index (Phi) is 3.82. The van der Waals surface area contributed by atoms with Gasteiger partial charge in [0.1, 0.15) is 0 Å². The van der Waals surface area contributed by atoms with E-state index in [1.54, 1.807) is 7.11 Å². The van der Waals surface area contributed by atoms with Crippen LogP contribution in [0.5, 0.6) is 0 Å². The molecule has 2 nitrogen and oxygen atoms in total. The summed E-state index contributed by atoms with van der Waals surface area (Å²) < 4.78 is 5.11. The summed E-state index contributed by atoms with van der Waals surface area (Å²) in [6.45, 7) is 8.11. The summed E-state index contributed by atoms with van der Waals surface area (Å²) in [5.41, 5.74) is 0.153. The van der Waals surface area contributed by atoms with Gasteiger partial charge in [-0.3, -0.25) is 0 Å². The molecule has 1 saturated heterocycles. The van der Waals surface area contributed by atoms with Gasteiger partial charge in [0.05, 0.1) is 5.60 Å². The molecule has 0 atom stereocenters. The first-order chi connectivity index (χ1) is 4.27. The number of hydrogen-bond acceptors (Lipinski definition) is 2. The second-order valence-electron chi connectivity index (χ2n) is 2.26. The number of ether oxygens (including phenoxy) is 1. The molecule has 2 heteroatoms. The molecule has 1 heterocycles. The maximum absolute atomic E-state index is 5.11. The van der Waals surface area contributed by atoms with Crippen molar-refractivity contribution < 1.29 is 4.74 Å². The van der Waals surface area contributed by atoms with Crippen molar-refractivity contribution in [2.45, 2.75) is 26.4 Å². The van der Waals surface area contributed by atoms with Gasteiger partial charge in [-0.25, -0.2) is 0 Å². The highest BCUT2D eigenvalue weighted by molar-refractivity contribution is 4.89. The van der Waals surface area contributed by atoms with Gasteiger partial charge >= 0.3 is 0 Å². The van der Waals surface area contributed by atoms with Crippen LogP contribution in [0, 0.1) is 0 Å². The normalized spacial score (nSPS) is 21.3. The van der Waals surface area contributed by atoms with Gasteiger partial charge < -0.3 is 10.1 Å². The molecule has 0 bridgehead atoms. The molecule has 1 fully saturated rings. The van der Waals surface area contributed by atoms with E-state index < -0.39 is 0 Å². The first-order valence-electron chi connectivity index (χ1n) is 3.53. The fourth-order valence-corrected chi connectivity index (χ4v) is 0.621. The first kappa shape index (κ1) is 8.92. The summed E-state index contributed by atoms with van der Waals surface area (Å²) in [4.78, 5) is 0. The third kappa shape index (κ3) is 2.33. The Labute approximate surface area is 57.6 Å². The van der Waals surface area contributed by atoms with E-state index in [0.717, 1.165) is 13.1 Å². The Bertz CT molecular complexity index is 63.8. The Morgan fingerprint density at radius 1 is 1.33 bits per heavy atom. The molecule has 0 unspecified atom stereocenters. The van der Waals surface area contributed by atoms with Gasteiger partial charge in [0, 0.05) is 20.2 Å². The van der Waals surface area contributed by atoms with Crippen molar-refractivity contribution in [3.8, 4) is 0 Å². The Balaban J connectivity index is 0.000000291. The Morgan fingerprint density at radius 2 is 1.78 bits per heavy atom. The average Bonchev–Trinajstić information content (AvgIpc) is 1.88. The Hall–Kier alpha value is -0.0800. The van der Waals surface area contributed by atoms with Crippen LogP contribution in [0.25, 0.3) is 0 Å². The van der Waals surface area contributed by atoms with Gasteiger partial charge in [0.15, 0.2) is 0 Å². The van der Waals surface area contributed by atoms with Crippen LogP contribution in [0.4, 0.5) is 0 Å². The molecule has 0 amide bonds. The lowest BCUT2D eigenvalue weighted by Gasteiger charge is -2.37. The zero-order valence-corrected chi connectivity index (χ0v) is 6.82. The molecule has 56 valence electrons. The highest BCUT2D eigenvalue weighted by Crippen LogP contribution is 2.12. The van der Waals surface area contributed by atoms with E-state index in [9.17, 15) is 0 Å². The standard InChI is InChI=1S/C5H11NO.C2H6/c1-5(7-2)3-6-4-5;1-2/h6H,3-4H2,1-2H3;1-2H3. The second-order valence-corrected chi connectivity index (χ2v) is 2.26. The minimum atomic E-state index is 0.153. The average molecular weight is 131 g/mol. The third-order valence-electron chi connectivity index (χ3n) is 1.49. The lowest BCUT2D eigenvalue weighted by molar-refractivity contribution is -0.0349. The predicted molar refractivity (Wildman–Crippen MR) is 39.6 cm³/mol. The number of rotatable bonds is 1. The second kappa shape index (κ2) is 3.85. The molecule has 0 spiro atoms. The fourth-order valence-electron chi connectivity index (χ4n) is 0.621. The van der Waals surface area contributed by atoms with Gasteiger partial charge in [0.25, 0.3) is 0 Å². The van der Waals surface area contributed by atoms with E-state index >= 15 is 0 Å². The number of methoxy groups -OCH3 is 1. The molecule has 0 aromatic heterocycles.